The smallest absolute Gasteiger partial charge is 0.347 e. The van der Waals surface area contributed by atoms with Gasteiger partial charge in [0.25, 0.3) is 0 Å². The minimum atomic E-state index is -0.457. The van der Waals surface area contributed by atoms with Gasteiger partial charge < -0.3 is 9.73 Å². The minimum absolute atomic E-state index is 0.250. The van der Waals surface area contributed by atoms with Gasteiger partial charge in [-0.25, -0.2) is 9.78 Å². The van der Waals surface area contributed by atoms with E-state index in [1.807, 2.05) is 18.2 Å². The number of hydrogen-bond acceptors (Lipinski definition) is 4. The number of aromatic nitrogens is 1. The molecule has 1 aromatic carbocycles. The van der Waals surface area contributed by atoms with Crippen molar-refractivity contribution >= 4 is 33.5 Å². The molecule has 122 valence electrons. The van der Waals surface area contributed by atoms with Crippen molar-refractivity contribution in [2.45, 2.75) is 33.1 Å². The summed E-state index contributed by atoms with van der Waals surface area (Å²) in [7, 11) is 0. The lowest BCUT2D eigenvalue weighted by Gasteiger charge is -2.23. The van der Waals surface area contributed by atoms with Crippen LogP contribution in [-0.2, 0) is 17.6 Å². The molecule has 2 aromatic heterocycles. The number of rotatable bonds is 1. The number of pyridine rings is 1. The first-order valence-corrected chi connectivity index (χ1v) is 8.19. The Morgan fingerprint density at radius 1 is 1.29 bits per heavy atom. The molecule has 1 N–H and O–H groups in total. The van der Waals surface area contributed by atoms with E-state index in [-0.39, 0.29) is 5.91 Å². The number of benzene rings is 1. The van der Waals surface area contributed by atoms with Gasteiger partial charge in [-0.1, -0.05) is 25.1 Å². The molecule has 1 aliphatic rings. The third-order valence-corrected chi connectivity index (χ3v) is 4.67. The van der Waals surface area contributed by atoms with E-state index in [9.17, 15) is 9.59 Å². The van der Waals surface area contributed by atoms with E-state index in [0.717, 1.165) is 41.3 Å². The zero-order chi connectivity index (χ0) is 16.8. The molecule has 24 heavy (non-hydrogen) atoms. The summed E-state index contributed by atoms with van der Waals surface area (Å²) in [6, 6.07) is 7.53. The Kier molecular flexibility index (Phi) is 3.37. The van der Waals surface area contributed by atoms with Gasteiger partial charge in [0.05, 0.1) is 0 Å². The molecule has 4 rings (SSSR count). The maximum atomic E-state index is 12.6. The SMILES string of the molecule is CC(=O)Nc1nc2c(c3c1c(=O)oc1ccccc13)C[C@H](C)CC2. The zero-order valence-electron chi connectivity index (χ0n) is 13.7. The second-order valence-corrected chi connectivity index (χ2v) is 6.55. The first-order valence-electron chi connectivity index (χ1n) is 8.19. The standard InChI is InChI=1S/C19H18N2O3/c1-10-7-8-14-13(9-10)16-12-5-3-4-6-15(12)24-19(23)17(16)18(21-14)20-11(2)22/h3-6,10H,7-9H2,1-2H3,(H,20,21,22)/t10-/m1/s1. The Bertz CT molecular complexity index is 1040. The van der Waals surface area contributed by atoms with Gasteiger partial charge in [0.1, 0.15) is 16.8 Å². The van der Waals surface area contributed by atoms with Crippen LogP contribution in [0.5, 0.6) is 0 Å². The number of carbonyl (C=O) groups is 1. The molecular formula is C19H18N2O3. The highest BCUT2D eigenvalue weighted by molar-refractivity contribution is 6.11. The molecule has 1 aliphatic carbocycles. The maximum Gasteiger partial charge on any atom is 0.347 e. The second-order valence-electron chi connectivity index (χ2n) is 6.55. The molecule has 2 heterocycles. The highest BCUT2D eigenvalue weighted by Crippen LogP contribution is 2.36. The van der Waals surface area contributed by atoms with Crippen LogP contribution in [-0.4, -0.2) is 10.9 Å². The Morgan fingerprint density at radius 2 is 2.08 bits per heavy atom. The van der Waals surface area contributed by atoms with Gasteiger partial charge >= 0.3 is 5.63 Å². The molecular weight excluding hydrogens is 304 g/mol. The van der Waals surface area contributed by atoms with Crippen molar-refractivity contribution < 1.29 is 9.21 Å². The Hall–Kier alpha value is -2.69. The molecule has 0 spiro atoms. The summed E-state index contributed by atoms with van der Waals surface area (Å²) in [6.07, 6.45) is 2.80. The molecule has 1 amide bonds. The average molecular weight is 322 g/mol. The van der Waals surface area contributed by atoms with E-state index >= 15 is 0 Å². The molecule has 0 aliphatic heterocycles. The number of nitrogens with one attached hydrogen (secondary N) is 1. The van der Waals surface area contributed by atoms with Gasteiger partial charge in [0.2, 0.25) is 5.91 Å². The lowest BCUT2D eigenvalue weighted by atomic mass is 9.84. The summed E-state index contributed by atoms with van der Waals surface area (Å²) in [5.74, 6) is 0.603. The highest BCUT2D eigenvalue weighted by atomic mass is 16.4. The van der Waals surface area contributed by atoms with Crippen molar-refractivity contribution in [1.29, 1.82) is 0 Å². The van der Waals surface area contributed by atoms with Crippen molar-refractivity contribution in [3.63, 3.8) is 0 Å². The van der Waals surface area contributed by atoms with Crippen LogP contribution in [0.4, 0.5) is 5.82 Å². The maximum absolute atomic E-state index is 12.6. The molecule has 0 saturated heterocycles. The van der Waals surface area contributed by atoms with Gasteiger partial charge in [-0.3, -0.25) is 4.79 Å². The van der Waals surface area contributed by atoms with Gasteiger partial charge in [-0.2, -0.15) is 0 Å². The van der Waals surface area contributed by atoms with E-state index < -0.39 is 5.63 Å². The van der Waals surface area contributed by atoms with Gasteiger partial charge in [-0.05, 0) is 36.8 Å². The lowest BCUT2D eigenvalue weighted by Crippen LogP contribution is -2.19. The van der Waals surface area contributed by atoms with Crippen molar-refractivity contribution in [2.75, 3.05) is 5.32 Å². The van der Waals surface area contributed by atoms with Crippen molar-refractivity contribution in [3.8, 4) is 0 Å². The van der Waals surface area contributed by atoms with E-state index in [1.54, 1.807) is 6.07 Å². The number of aryl methyl sites for hydroxylation is 1. The van der Waals surface area contributed by atoms with Gasteiger partial charge in [0, 0.05) is 23.4 Å². The fraction of sp³-hybridized carbons (Fsp3) is 0.316. The first kappa shape index (κ1) is 14.9. The van der Waals surface area contributed by atoms with Crippen LogP contribution in [0.3, 0.4) is 0 Å². The summed E-state index contributed by atoms with van der Waals surface area (Å²) >= 11 is 0. The molecule has 0 bridgehead atoms. The fourth-order valence-electron chi connectivity index (χ4n) is 3.60. The third kappa shape index (κ3) is 2.28. The average Bonchev–Trinajstić information content (AvgIpc) is 2.54. The summed E-state index contributed by atoms with van der Waals surface area (Å²) < 4.78 is 5.47. The quantitative estimate of drug-likeness (QED) is 0.550. The topological polar surface area (TPSA) is 72.2 Å². The van der Waals surface area contributed by atoms with Crippen LogP contribution >= 0.6 is 0 Å². The van der Waals surface area contributed by atoms with Crippen LogP contribution in [0.1, 0.15) is 31.5 Å². The molecule has 0 fully saturated rings. The lowest BCUT2D eigenvalue weighted by molar-refractivity contribution is -0.114. The second kappa shape index (κ2) is 5.44. The summed E-state index contributed by atoms with van der Waals surface area (Å²) in [6.45, 7) is 3.63. The summed E-state index contributed by atoms with van der Waals surface area (Å²) in [5, 5.41) is 4.85. The monoisotopic (exact) mass is 322 g/mol. The van der Waals surface area contributed by atoms with E-state index in [0.29, 0.717) is 22.7 Å². The normalized spacial score (nSPS) is 17.0. The van der Waals surface area contributed by atoms with E-state index in [1.165, 1.54) is 6.92 Å². The summed E-state index contributed by atoms with van der Waals surface area (Å²) in [4.78, 5) is 28.8. The summed E-state index contributed by atoms with van der Waals surface area (Å²) in [5.41, 5.74) is 2.19. The largest absolute Gasteiger partial charge is 0.422 e. The van der Waals surface area contributed by atoms with Crippen LogP contribution in [0, 0.1) is 5.92 Å². The molecule has 3 aromatic rings. The molecule has 5 nitrogen and oxygen atoms in total. The number of anilines is 1. The molecule has 5 heteroatoms. The van der Waals surface area contributed by atoms with Crippen molar-refractivity contribution in [3.05, 3.63) is 45.9 Å². The van der Waals surface area contributed by atoms with E-state index in [4.69, 9.17) is 4.42 Å². The Morgan fingerprint density at radius 3 is 2.88 bits per heavy atom. The van der Waals surface area contributed by atoms with Gasteiger partial charge in [-0.15, -0.1) is 0 Å². The zero-order valence-corrected chi connectivity index (χ0v) is 13.7. The number of para-hydroxylation sites is 1. The highest BCUT2D eigenvalue weighted by Gasteiger charge is 2.24. The predicted octanol–water partition coefficient (Wildman–Crippen LogP) is 3.42. The predicted molar refractivity (Wildman–Crippen MR) is 93.3 cm³/mol. The van der Waals surface area contributed by atoms with Crippen LogP contribution in [0.25, 0.3) is 21.7 Å². The van der Waals surface area contributed by atoms with Crippen LogP contribution < -0.4 is 10.9 Å². The number of hydrogen-bond donors (Lipinski definition) is 1. The first-order chi connectivity index (χ1) is 11.5. The molecule has 0 radical (unpaired) electrons. The van der Waals surface area contributed by atoms with Crippen LogP contribution in [0.2, 0.25) is 0 Å². The third-order valence-electron chi connectivity index (χ3n) is 4.67. The molecule has 1 atom stereocenters. The molecule has 0 saturated carbocycles. The fourth-order valence-corrected chi connectivity index (χ4v) is 3.60. The number of fused-ring (bicyclic) bond motifs is 5. The Balaban J connectivity index is 2.20. The number of carbonyl (C=O) groups excluding carboxylic acids is 1. The minimum Gasteiger partial charge on any atom is -0.422 e. The molecule has 0 unspecified atom stereocenters. The van der Waals surface area contributed by atoms with Crippen molar-refractivity contribution in [2.24, 2.45) is 5.92 Å². The van der Waals surface area contributed by atoms with E-state index in [2.05, 4.69) is 17.2 Å². The Labute approximate surface area is 138 Å². The number of nitrogens with zero attached hydrogens (tertiary/aromatic N) is 1. The van der Waals surface area contributed by atoms with Crippen molar-refractivity contribution in [1.82, 2.24) is 4.98 Å². The van der Waals surface area contributed by atoms with Gasteiger partial charge in [0.15, 0.2) is 0 Å². The van der Waals surface area contributed by atoms with Crippen LogP contribution in [0.15, 0.2) is 33.5 Å². The number of amides is 1.